The monoisotopic (exact) mass is 765 g/mol. The van der Waals surface area contributed by atoms with Gasteiger partial charge in [0.25, 0.3) is 8.32 Å². The van der Waals surface area contributed by atoms with Crippen LogP contribution < -0.4 is 15.7 Å². The largest absolute Gasteiger partial charge is 0.407 e. The molecule has 0 aromatic heterocycles. The first kappa shape index (κ1) is 41.3. The minimum absolute atomic E-state index is 0.0297. The fourth-order valence-corrected chi connectivity index (χ4v) is 14.5. The van der Waals surface area contributed by atoms with Gasteiger partial charge in [0.2, 0.25) is 5.91 Å². The van der Waals surface area contributed by atoms with Crippen LogP contribution in [0, 0.1) is 23.7 Å². The molecule has 1 amide bonds. The lowest BCUT2D eigenvalue weighted by molar-refractivity contribution is -0.120. The van der Waals surface area contributed by atoms with Crippen molar-refractivity contribution in [2.45, 2.75) is 90.3 Å². The number of rotatable bonds is 17. The molecule has 5 aromatic rings. The molecule has 5 heteroatoms. The molecule has 294 valence electrons. The maximum Gasteiger partial charge on any atom is 0.261 e. The Balaban J connectivity index is 1.34. The van der Waals surface area contributed by atoms with Gasteiger partial charge in [0.15, 0.2) is 0 Å². The van der Waals surface area contributed by atoms with Crippen LogP contribution in [0.1, 0.15) is 90.3 Å². The Morgan fingerprint density at radius 1 is 0.714 bits per heavy atom. The highest BCUT2D eigenvalue weighted by molar-refractivity contribution is 6.99. The van der Waals surface area contributed by atoms with Crippen molar-refractivity contribution in [3.8, 4) is 0 Å². The van der Waals surface area contributed by atoms with Gasteiger partial charge in [-0.05, 0) is 88.4 Å². The zero-order chi connectivity index (χ0) is 39.6. The molecule has 3 unspecified atom stereocenters. The molecular weight excluding hydrogens is 703 g/mol. The van der Waals surface area contributed by atoms with E-state index < -0.39 is 13.9 Å². The summed E-state index contributed by atoms with van der Waals surface area (Å²) in [6, 6.07) is 54.2. The van der Waals surface area contributed by atoms with Crippen LogP contribution in [0.15, 0.2) is 152 Å². The van der Waals surface area contributed by atoms with E-state index in [0.29, 0.717) is 25.0 Å². The molecule has 56 heavy (non-hydrogen) atoms. The second-order valence-corrected chi connectivity index (χ2v) is 21.4. The van der Waals surface area contributed by atoms with Crippen molar-refractivity contribution in [2.24, 2.45) is 23.7 Å². The summed E-state index contributed by atoms with van der Waals surface area (Å²) in [6.07, 6.45) is 5.37. The molecule has 0 spiro atoms. The Hall–Kier alpha value is -4.29. The Morgan fingerprint density at radius 3 is 1.57 bits per heavy atom. The summed E-state index contributed by atoms with van der Waals surface area (Å²) in [5, 5.41) is 5.81. The SMILES string of the molecule is CCC[C@H](C(C)NC(C)=O)[C@H](CO[Si](c1ccccc1)(c1ccccc1)C(C)(C)C)C1CCC(COC(c2ccccc2)(c2ccccc2)c2ccccc2)C1. The molecule has 1 aliphatic rings. The Morgan fingerprint density at radius 2 is 1.16 bits per heavy atom. The molecule has 0 aliphatic heterocycles. The first-order chi connectivity index (χ1) is 27.1. The van der Waals surface area contributed by atoms with Crippen LogP contribution in [0.3, 0.4) is 0 Å². The fraction of sp³-hybridized carbons (Fsp3) is 0.392. The van der Waals surface area contributed by atoms with E-state index in [9.17, 15) is 4.79 Å². The number of amides is 1. The lowest BCUT2D eigenvalue weighted by Crippen LogP contribution is -2.67. The van der Waals surface area contributed by atoms with Crippen molar-refractivity contribution < 1.29 is 14.0 Å². The average Bonchev–Trinajstić information content (AvgIpc) is 3.69. The second kappa shape index (κ2) is 18.8. The van der Waals surface area contributed by atoms with E-state index in [1.807, 2.05) is 0 Å². The first-order valence-corrected chi connectivity index (χ1v) is 22.8. The normalized spacial score (nSPS) is 17.9. The third kappa shape index (κ3) is 8.96. The summed E-state index contributed by atoms with van der Waals surface area (Å²) in [5.41, 5.74) is 2.67. The molecule has 1 N–H and O–H groups in total. The minimum atomic E-state index is -2.78. The Labute approximate surface area is 338 Å². The van der Waals surface area contributed by atoms with Crippen LogP contribution >= 0.6 is 0 Å². The van der Waals surface area contributed by atoms with E-state index in [0.717, 1.165) is 48.8 Å². The van der Waals surface area contributed by atoms with Gasteiger partial charge < -0.3 is 14.5 Å². The van der Waals surface area contributed by atoms with E-state index in [4.69, 9.17) is 9.16 Å². The second-order valence-electron chi connectivity index (χ2n) is 17.1. The van der Waals surface area contributed by atoms with Crippen molar-refractivity contribution in [3.05, 3.63) is 168 Å². The topological polar surface area (TPSA) is 47.6 Å². The Bertz CT molecular complexity index is 1780. The number of carbonyl (C=O) groups is 1. The number of hydrogen-bond acceptors (Lipinski definition) is 3. The summed E-state index contributed by atoms with van der Waals surface area (Å²) in [7, 11) is -2.78. The molecule has 5 atom stereocenters. The molecule has 5 aromatic carbocycles. The fourth-order valence-electron chi connectivity index (χ4n) is 9.85. The first-order valence-electron chi connectivity index (χ1n) is 20.9. The number of ether oxygens (including phenoxy) is 1. The number of nitrogens with one attached hydrogen (secondary N) is 1. The van der Waals surface area contributed by atoms with E-state index in [1.165, 1.54) is 10.4 Å². The van der Waals surface area contributed by atoms with E-state index >= 15 is 0 Å². The van der Waals surface area contributed by atoms with Gasteiger partial charge >= 0.3 is 0 Å². The van der Waals surface area contributed by atoms with Gasteiger partial charge in [-0.1, -0.05) is 186 Å². The third-order valence-electron chi connectivity index (χ3n) is 12.4. The molecule has 0 heterocycles. The number of benzene rings is 5. The number of hydrogen-bond donors (Lipinski definition) is 1. The van der Waals surface area contributed by atoms with Crippen molar-refractivity contribution >= 4 is 24.6 Å². The molecule has 0 radical (unpaired) electrons. The molecule has 0 saturated heterocycles. The van der Waals surface area contributed by atoms with E-state index in [-0.39, 0.29) is 28.8 Å². The van der Waals surface area contributed by atoms with Gasteiger partial charge in [0, 0.05) is 19.6 Å². The van der Waals surface area contributed by atoms with Crippen LogP contribution in [0.2, 0.25) is 5.04 Å². The van der Waals surface area contributed by atoms with Gasteiger partial charge in [0.05, 0.1) is 6.61 Å². The van der Waals surface area contributed by atoms with E-state index in [2.05, 4.69) is 192 Å². The summed E-state index contributed by atoms with van der Waals surface area (Å²) in [5.74, 6) is 1.41. The van der Waals surface area contributed by atoms with Gasteiger partial charge in [-0.2, -0.15) is 0 Å². The third-order valence-corrected chi connectivity index (χ3v) is 17.4. The maximum absolute atomic E-state index is 12.6. The molecule has 0 bridgehead atoms. The molecule has 1 fully saturated rings. The Kier molecular flexibility index (Phi) is 13.9. The summed E-state index contributed by atoms with van der Waals surface area (Å²) < 4.78 is 15.1. The van der Waals surface area contributed by atoms with Crippen molar-refractivity contribution in [2.75, 3.05) is 13.2 Å². The maximum atomic E-state index is 12.6. The molecule has 1 saturated carbocycles. The zero-order valence-corrected chi connectivity index (χ0v) is 35.5. The van der Waals surface area contributed by atoms with Gasteiger partial charge in [0.1, 0.15) is 5.60 Å². The van der Waals surface area contributed by atoms with Gasteiger partial charge in [-0.25, -0.2) is 0 Å². The predicted molar refractivity (Wildman–Crippen MR) is 235 cm³/mol. The van der Waals surface area contributed by atoms with Crippen LogP contribution in [-0.2, 0) is 19.6 Å². The average molecular weight is 766 g/mol. The lowest BCUT2D eigenvalue weighted by atomic mass is 9.75. The molecule has 1 aliphatic carbocycles. The highest BCUT2D eigenvalue weighted by Gasteiger charge is 2.51. The highest BCUT2D eigenvalue weighted by atomic mass is 28.4. The standard InChI is InChI=1S/C51H63NO3Si/c1-7-23-48(39(2)52-40(3)53)49(38-55-56(50(4,5)6,46-30-19-11-20-31-46)47-32-21-12-22-33-47)42-35-34-41(36-42)37-54-51(43-24-13-8-14-25-43,44-26-15-9-16-27-44)45-28-17-10-18-29-45/h8-22,24-33,39,41-42,48-49H,7,23,34-38H2,1-6H3,(H,52,53)/t39?,41?,42?,48-,49-/m1/s1. The molecule has 6 rings (SSSR count). The molecular formula is C51H63NO3Si. The summed E-state index contributed by atoms with van der Waals surface area (Å²) in [4.78, 5) is 12.6. The van der Waals surface area contributed by atoms with Crippen molar-refractivity contribution in [1.29, 1.82) is 0 Å². The van der Waals surface area contributed by atoms with Gasteiger partial charge in [-0.3, -0.25) is 4.79 Å². The van der Waals surface area contributed by atoms with E-state index in [1.54, 1.807) is 6.92 Å². The van der Waals surface area contributed by atoms with Crippen molar-refractivity contribution in [1.82, 2.24) is 5.32 Å². The minimum Gasteiger partial charge on any atom is -0.407 e. The zero-order valence-electron chi connectivity index (χ0n) is 34.5. The summed E-state index contributed by atoms with van der Waals surface area (Å²) in [6.45, 7) is 14.5. The smallest absolute Gasteiger partial charge is 0.261 e. The highest BCUT2D eigenvalue weighted by Crippen LogP contribution is 2.46. The van der Waals surface area contributed by atoms with Crippen LogP contribution in [0.4, 0.5) is 0 Å². The van der Waals surface area contributed by atoms with Crippen LogP contribution in [0.5, 0.6) is 0 Å². The van der Waals surface area contributed by atoms with Crippen LogP contribution in [-0.4, -0.2) is 33.5 Å². The predicted octanol–water partition coefficient (Wildman–Crippen LogP) is 10.5. The van der Waals surface area contributed by atoms with Gasteiger partial charge in [-0.15, -0.1) is 0 Å². The lowest BCUT2D eigenvalue weighted by Gasteiger charge is -2.45. The van der Waals surface area contributed by atoms with Crippen LogP contribution in [0.25, 0.3) is 0 Å². The quantitative estimate of drug-likeness (QED) is 0.0758. The molecule has 4 nitrogen and oxygen atoms in total. The summed E-state index contributed by atoms with van der Waals surface area (Å²) >= 11 is 0. The van der Waals surface area contributed by atoms with Crippen molar-refractivity contribution in [3.63, 3.8) is 0 Å². The number of carbonyl (C=O) groups excluding carboxylic acids is 1.